The fourth-order valence-corrected chi connectivity index (χ4v) is 2.43. The third kappa shape index (κ3) is 3.05. The number of carboxylic acids is 1. The molecular weight excluding hydrogens is 246 g/mol. The smallest absolute Gasteiger partial charge is 0.310 e. The predicted octanol–water partition coefficient (Wildman–Crippen LogP) is 1.23. The summed E-state index contributed by atoms with van der Waals surface area (Å²) in [5.74, 6) is -0.436. The molecule has 104 valence electrons. The molecule has 0 radical (unpaired) electrons. The monoisotopic (exact) mass is 265 g/mol. The maximum absolute atomic E-state index is 11.2. The number of para-hydroxylation sites is 1. The molecule has 0 saturated carbocycles. The lowest BCUT2D eigenvalue weighted by Gasteiger charge is -2.26. The van der Waals surface area contributed by atoms with E-state index in [2.05, 4.69) is 0 Å². The summed E-state index contributed by atoms with van der Waals surface area (Å²) in [6.45, 7) is 1.39. The minimum Gasteiger partial charge on any atom is -0.496 e. The van der Waals surface area contributed by atoms with Gasteiger partial charge in [0.05, 0.1) is 26.2 Å². The summed E-state index contributed by atoms with van der Waals surface area (Å²) in [6.07, 6.45) is 0. The highest BCUT2D eigenvalue weighted by atomic mass is 16.5. The van der Waals surface area contributed by atoms with Crippen LogP contribution in [-0.4, -0.2) is 49.4 Å². The molecule has 2 rings (SSSR count). The van der Waals surface area contributed by atoms with Crippen LogP contribution in [0.5, 0.6) is 5.75 Å². The Labute approximate surface area is 112 Å². The molecule has 5 nitrogen and oxygen atoms in total. The van der Waals surface area contributed by atoms with Gasteiger partial charge in [-0.05, 0) is 13.1 Å². The van der Waals surface area contributed by atoms with E-state index in [1.165, 1.54) is 0 Å². The van der Waals surface area contributed by atoms with E-state index in [0.717, 1.165) is 11.3 Å². The van der Waals surface area contributed by atoms with Gasteiger partial charge in [-0.25, -0.2) is 0 Å². The van der Waals surface area contributed by atoms with Crippen LogP contribution in [0, 0.1) is 5.92 Å². The van der Waals surface area contributed by atoms with E-state index in [1.54, 1.807) is 7.11 Å². The highest BCUT2D eigenvalue weighted by Gasteiger charge is 2.36. The van der Waals surface area contributed by atoms with Crippen molar-refractivity contribution < 1.29 is 19.4 Å². The summed E-state index contributed by atoms with van der Waals surface area (Å²) in [6, 6.07) is 7.67. The van der Waals surface area contributed by atoms with Crippen LogP contribution < -0.4 is 4.74 Å². The Hall–Kier alpha value is -1.59. The van der Waals surface area contributed by atoms with E-state index < -0.39 is 11.9 Å². The van der Waals surface area contributed by atoms with Crippen LogP contribution in [0.15, 0.2) is 24.3 Å². The fraction of sp³-hybridized carbons (Fsp3) is 0.500. The number of carbonyl (C=O) groups is 1. The van der Waals surface area contributed by atoms with Crippen molar-refractivity contribution in [2.75, 3.05) is 27.4 Å². The summed E-state index contributed by atoms with van der Waals surface area (Å²) in [5, 5.41) is 9.17. The van der Waals surface area contributed by atoms with Crippen molar-refractivity contribution >= 4 is 5.97 Å². The van der Waals surface area contributed by atoms with Crippen LogP contribution in [0.4, 0.5) is 0 Å². The summed E-state index contributed by atoms with van der Waals surface area (Å²) in [5.41, 5.74) is 1.04. The van der Waals surface area contributed by atoms with E-state index in [-0.39, 0.29) is 12.6 Å². The maximum Gasteiger partial charge on any atom is 0.310 e. The second-order valence-electron chi connectivity index (χ2n) is 4.78. The van der Waals surface area contributed by atoms with Crippen LogP contribution in [0.3, 0.4) is 0 Å². The van der Waals surface area contributed by atoms with Crippen LogP contribution >= 0.6 is 0 Å². The number of hydrogen-bond acceptors (Lipinski definition) is 4. The second kappa shape index (κ2) is 6.04. The first-order chi connectivity index (χ1) is 9.13. The number of hydrogen-bond donors (Lipinski definition) is 1. The number of benzene rings is 1. The number of ether oxygens (including phenoxy) is 2. The number of methoxy groups -OCH3 is 1. The highest BCUT2D eigenvalue weighted by Crippen LogP contribution is 2.24. The predicted molar refractivity (Wildman–Crippen MR) is 70.2 cm³/mol. The minimum absolute atomic E-state index is 0.0950. The van der Waals surface area contributed by atoms with Gasteiger partial charge in [-0.15, -0.1) is 0 Å². The van der Waals surface area contributed by atoms with Gasteiger partial charge in [-0.1, -0.05) is 18.2 Å². The molecule has 1 aliphatic heterocycles. The van der Waals surface area contributed by atoms with Crippen molar-refractivity contribution in [2.24, 2.45) is 5.92 Å². The first-order valence-corrected chi connectivity index (χ1v) is 6.26. The molecule has 0 aliphatic carbocycles. The molecule has 1 aliphatic rings. The number of rotatable bonds is 5. The average Bonchev–Trinajstić information content (AvgIpc) is 2.88. The lowest BCUT2D eigenvalue weighted by molar-refractivity contribution is -0.143. The summed E-state index contributed by atoms with van der Waals surface area (Å²) >= 11 is 0. The van der Waals surface area contributed by atoms with E-state index >= 15 is 0 Å². The molecule has 2 atom stereocenters. The van der Waals surface area contributed by atoms with Crippen LogP contribution in [-0.2, 0) is 16.1 Å². The van der Waals surface area contributed by atoms with Gasteiger partial charge < -0.3 is 14.6 Å². The summed E-state index contributed by atoms with van der Waals surface area (Å²) < 4.78 is 10.6. The molecule has 1 heterocycles. The minimum atomic E-state index is -0.797. The molecule has 0 amide bonds. The fourth-order valence-electron chi connectivity index (χ4n) is 2.43. The molecule has 19 heavy (non-hydrogen) atoms. The largest absolute Gasteiger partial charge is 0.496 e. The second-order valence-corrected chi connectivity index (χ2v) is 4.78. The standard InChI is InChI=1S/C14H19NO4/c1-15(12-9-19-8-11(12)14(16)17)7-10-5-3-4-6-13(10)18-2/h3-6,11-12H,7-9H2,1-2H3,(H,16,17). The SMILES string of the molecule is COc1ccccc1CN(C)C1COCC1C(=O)O. The molecular formula is C14H19NO4. The zero-order chi connectivity index (χ0) is 13.8. The van der Waals surface area contributed by atoms with Gasteiger partial charge in [0, 0.05) is 18.2 Å². The Bertz CT molecular complexity index is 449. The van der Waals surface area contributed by atoms with Crippen molar-refractivity contribution in [3.05, 3.63) is 29.8 Å². The molecule has 1 fully saturated rings. The van der Waals surface area contributed by atoms with Gasteiger partial charge >= 0.3 is 5.97 Å². The Balaban J connectivity index is 2.08. The Morgan fingerprint density at radius 3 is 2.89 bits per heavy atom. The normalized spacial score (nSPS) is 22.7. The van der Waals surface area contributed by atoms with Crippen molar-refractivity contribution in [3.8, 4) is 5.75 Å². The third-order valence-electron chi connectivity index (χ3n) is 3.55. The van der Waals surface area contributed by atoms with E-state index in [9.17, 15) is 4.79 Å². The van der Waals surface area contributed by atoms with Crippen LogP contribution in [0.25, 0.3) is 0 Å². The van der Waals surface area contributed by atoms with Crippen LogP contribution in [0.2, 0.25) is 0 Å². The van der Waals surface area contributed by atoms with Gasteiger partial charge in [0.1, 0.15) is 5.75 Å². The van der Waals surface area contributed by atoms with E-state index in [4.69, 9.17) is 14.6 Å². The number of aliphatic carboxylic acids is 1. The van der Waals surface area contributed by atoms with E-state index in [1.807, 2.05) is 36.2 Å². The molecule has 5 heteroatoms. The Morgan fingerprint density at radius 2 is 2.21 bits per heavy atom. The first kappa shape index (κ1) is 13.8. The van der Waals surface area contributed by atoms with Crippen LogP contribution in [0.1, 0.15) is 5.56 Å². The molecule has 2 unspecified atom stereocenters. The quantitative estimate of drug-likeness (QED) is 0.867. The van der Waals surface area contributed by atoms with Gasteiger partial charge in [0.25, 0.3) is 0 Å². The molecule has 1 aromatic carbocycles. The lowest BCUT2D eigenvalue weighted by Crippen LogP contribution is -2.40. The van der Waals surface area contributed by atoms with Crippen molar-refractivity contribution in [1.82, 2.24) is 4.90 Å². The Morgan fingerprint density at radius 1 is 1.47 bits per heavy atom. The van der Waals surface area contributed by atoms with E-state index in [0.29, 0.717) is 13.2 Å². The maximum atomic E-state index is 11.2. The molecule has 1 saturated heterocycles. The van der Waals surface area contributed by atoms with Crippen molar-refractivity contribution in [2.45, 2.75) is 12.6 Å². The van der Waals surface area contributed by atoms with Gasteiger partial charge in [0.2, 0.25) is 0 Å². The average molecular weight is 265 g/mol. The molecule has 0 bridgehead atoms. The Kier molecular flexibility index (Phi) is 4.39. The highest BCUT2D eigenvalue weighted by molar-refractivity contribution is 5.71. The zero-order valence-corrected chi connectivity index (χ0v) is 11.2. The first-order valence-electron chi connectivity index (χ1n) is 6.26. The summed E-state index contributed by atoms with van der Waals surface area (Å²) in [7, 11) is 3.55. The number of likely N-dealkylation sites (N-methyl/N-ethyl adjacent to an activating group) is 1. The summed E-state index contributed by atoms with van der Waals surface area (Å²) in [4.78, 5) is 13.2. The molecule has 0 aromatic heterocycles. The van der Waals surface area contributed by atoms with Crippen molar-refractivity contribution in [3.63, 3.8) is 0 Å². The molecule has 0 spiro atoms. The van der Waals surface area contributed by atoms with Crippen molar-refractivity contribution in [1.29, 1.82) is 0 Å². The molecule has 1 N–H and O–H groups in total. The van der Waals surface area contributed by atoms with Gasteiger partial charge in [-0.2, -0.15) is 0 Å². The third-order valence-corrected chi connectivity index (χ3v) is 3.55. The molecule has 1 aromatic rings. The van der Waals surface area contributed by atoms with Gasteiger partial charge in [0.15, 0.2) is 0 Å². The number of nitrogens with zero attached hydrogens (tertiary/aromatic N) is 1. The lowest BCUT2D eigenvalue weighted by atomic mass is 10.0. The topological polar surface area (TPSA) is 59.0 Å². The van der Waals surface area contributed by atoms with Gasteiger partial charge in [-0.3, -0.25) is 9.69 Å². The number of carboxylic acid groups (broad SMARTS) is 1. The zero-order valence-electron chi connectivity index (χ0n) is 11.2.